The summed E-state index contributed by atoms with van der Waals surface area (Å²) >= 11 is 0. The van der Waals surface area contributed by atoms with Crippen molar-refractivity contribution < 1.29 is 19.6 Å². The van der Waals surface area contributed by atoms with Crippen LogP contribution in [-0.4, -0.2) is 25.7 Å². The average Bonchev–Trinajstić information content (AvgIpc) is 3.01. The summed E-state index contributed by atoms with van der Waals surface area (Å²) in [5.74, 6) is 1.34. The van der Waals surface area contributed by atoms with Crippen molar-refractivity contribution in [1.29, 1.82) is 0 Å². The minimum atomic E-state index is -0.0578. The van der Waals surface area contributed by atoms with Crippen molar-refractivity contribution in [2.45, 2.75) is 19.4 Å². The highest BCUT2D eigenvalue weighted by molar-refractivity contribution is 5.91. The molecular formula is C25H27N2O3+. The smallest absolute Gasteiger partial charge is 0.279 e. The van der Waals surface area contributed by atoms with E-state index in [0.717, 1.165) is 12.2 Å². The summed E-state index contributed by atoms with van der Waals surface area (Å²) in [6.07, 6.45) is 0.852. The van der Waals surface area contributed by atoms with Crippen LogP contribution in [0.25, 0.3) is 0 Å². The van der Waals surface area contributed by atoms with Crippen molar-refractivity contribution in [3.05, 3.63) is 89.5 Å². The zero-order valence-electron chi connectivity index (χ0n) is 17.1. The lowest BCUT2D eigenvalue weighted by Gasteiger charge is -2.17. The normalized spacial score (nSPS) is 13.9. The Kier molecular flexibility index (Phi) is 6.30. The van der Waals surface area contributed by atoms with Crippen molar-refractivity contribution in [2.24, 2.45) is 0 Å². The van der Waals surface area contributed by atoms with Gasteiger partial charge in [0.25, 0.3) is 5.91 Å². The molecule has 5 nitrogen and oxygen atoms in total. The molecule has 1 aliphatic heterocycles. The molecule has 0 aliphatic carbocycles. The molecular weight excluding hydrogens is 376 g/mol. The van der Waals surface area contributed by atoms with Gasteiger partial charge in [-0.1, -0.05) is 60.2 Å². The summed E-state index contributed by atoms with van der Waals surface area (Å²) in [4.78, 5) is 12.7. The number of aryl methyl sites for hydroxylation is 1. The van der Waals surface area contributed by atoms with Crippen LogP contribution in [-0.2, 0) is 4.79 Å². The molecule has 0 bridgehead atoms. The maximum Gasteiger partial charge on any atom is 0.279 e. The number of hydrogen-bond donors (Lipinski definition) is 2. The molecule has 0 radical (unpaired) electrons. The summed E-state index contributed by atoms with van der Waals surface area (Å²) in [5, 5.41) is 5.04. The van der Waals surface area contributed by atoms with E-state index in [1.54, 1.807) is 0 Å². The van der Waals surface area contributed by atoms with Crippen LogP contribution in [0, 0.1) is 6.92 Å². The van der Waals surface area contributed by atoms with Crippen LogP contribution in [0.1, 0.15) is 29.2 Å². The minimum Gasteiger partial charge on any atom is -0.490 e. The maximum atomic E-state index is 12.7. The summed E-state index contributed by atoms with van der Waals surface area (Å²) in [6.45, 7) is 3.65. The first kappa shape index (κ1) is 20.0. The predicted molar refractivity (Wildman–Crippen MR) is 117 cm³/mol. The van der Waals surface area contributed by atoms with E-state index in [1.165, 1.54) is 16.7 Å². The quantitative estimate of drug-likeness (QED) is 0.663. The van der Waals surface area contributed by atoms with E-state index >= 15 is 0 Å². The lowest BCUT2D eigenvalue weighted by Crippen LogP contribution is -2.87. The van der Waals surface area contributed by atoms with Gasteiger partial charge in [-0.25, -0.2) is 0 Å². The van der Waals surface area contributed by atoms with Crippen molar-refractivity contribution in [2.75, 3.05) is 25.1 Å². The first-order valence-electron chi connectivity index (χ1n) is 10.3. The van der Waals surface area contributed by atoms with Crippen molar-refractivity contribution in [3.63, 3.8) is 0 Å². The van der Waals surface area contributed by atoms with Gasteiger partial charge < -0.3 is 20.1 Å². The Labute approximate surface area is 177 Å². The monoisotopic (exact) mass is 403 g/mol. The maximum absolute atomic E-state index is 12.7. The van der Waals surface area contributed by atoms with Gasteiger partial charge in [-0.15, -0.1) is 0 Å². The molecule has 0 saturated carbocycles. The van der Waals surface area contributed by atoms with Crippen LogP contribution in [0.2, 0.25) is 0 Å². The zero-order chi connectivity index (χ0) is 20.8. The Bertz CT molecular complexity index is 987. The van der Waals surface area contributed by atoms with E-state index in [0.29, 0.717) is 31.2 Å². The minimum absolute atomic E-state index is 0.0568. The van der Waals surface area contributed by atoms with E-state index in [2.05, 4.69) is 54.0 Å². The van der Waals surface area contributed by atoms with Crippen molar-refractivity contribution in [1.82, 2.24) is 0 Å². The Morgan fingerprint density at radius 3 is 2.40 bits per heavy atom. The number of benzene rings is 3. The van der Waals surface area contributed by atoms with E-state index in [9.17, 15) is 4.79 Å². The third-order valence-corrected chi connectivity index (χ3v) is 5.17. The van der Waals surface area contributed by atoms with Crippen molar-refractivity contribution in [3.8, 4) is 11.5 Å². The second-order valence-corrected chi connectivity index (χ2v) is 7.50. The molecule has 3 N–H and O–H groups in total. The Morgan fingerprint density at radius 2 is 1.63 bits per heavy atom. The first-order valence-corrected chi connectivity index (χ1v) is 10.3. The molecule has 1 amide bonds. The van der Waals surface area contributed by atoms with Gasteiger partial charge in [0, 0.05) is 29.3 Å². The summed E-state index contributed by atoms with van der Waals surface area (Å²) in [6, 6.07) is 24.3. The molecule has 3 aromatic rings. The van der Waals surface area contributed by atoms with Crippen LogP contribution >= 0.6 is 0 Å². The van der Waals surface area contributed by atoms with Gasteiger partial charge in [0.2, 0.25) is 0 Å². The predicted octanol–water partition coefficient (Wildman–Crippen LogP) is 3.45. The average molecular weight is 404 g/mol. The molecule has 0 spiro atoms. The summed E-state index contributed by atoms with van der Waals surface area (Å²) < 4.78 is 11.4. The Hall–Kier alpha value is -3.31. The number of carbonyl (C=O) groups is 1. The van der Waals surface area contributed by atoms with Gasteiger partial charge in [-0.05, 0) is 19.1 Å². The van der Waals surface area contributed by atoms with Gasteiger partial charge in [-0.2, -0.15) is 0 Å². The van der Waals surface area contributed by atoms with E-state index in [1.807, 2.05) is 36.4 Å². The fourth-order valence-corrected chi connectivity index (χ4v) is 3.58. The largest absolute Gasteiger partial charge is 0.490 e. The molecule has 1 atom stereocenters. The summed E-state index contributed by atoms with van der Waals surface area (Å²) in [5.41, 5.74) is 4.28. The number of fused-ring (bicyclic) bond motifs is 1. The number of carbonyl (C=O) groups excluding carboxylic acids is 1. The molecule has 0 fully saturated rings. The Morgan fingerprint density at radius 1 is 0.933 bits per heavy atom. The molecule has 0 saturated heterocycles. The van der Waals surface area contributed by atoms with Crippen LogP contribution in [0.4, 0.5) is 5.69 Å². The highest BCUT2D eigenvalue weighted by Gasteiger charge is 2.19. The lowest BCUT2D eigenvalue weighted by molar-refractivity contribution is -0.676. The molecule has 0 unspecified atom stereocenters. The number of quaternary nitrogens is 1. The number of anilines is 1. The van der Waals surface area contributed by atoms with E-state index in [-0.39, 0.29) is 11.9 Å². The number of nitrogens with two attached hydrogens (primary N) is 1. The standard InChI is InChI=1S/C25H26N2O3/c1-18-8-10-20(11-9-18)25(19-6-3-2-4-7-19)26-17-24(28)27-21-12-13-22-23(16-21)30-15-5-14-29-22/h2-4,6-13,16,25-26H,5,14-15,17H2,1H3,(H,27,28)/p+1/t25-/m1/s1. The SMILES string of the molecule is Cc1ccc([C@H]([NH2+]CC(=O)Nc2ccc3c(c2)OCCCO3)c2ccccc2)cc1. The molecule has 30 heavy (non-hydrogen) atoms. The Balaban J connectivity index is 1.44. The van der Waals surface area contributed by atoms with E-state index < -0.39 is 0 Å². The van der Waals surface area contributed by atoms with Crippen LogP contribution in [0.3, 0.4) is 0 Å². The third kappa shape index (κ3) is 4.99. The molecule has 0 aromatic heterocycles. The van der Waals surface area contributed by atoms with Gasteiger partial charge in [0.1, 0.15) is 6.04 Å². The highest BCUT2D eigenvalue weighted by atomic mass is 16.5. The topological polar surface area (TPSA) is 64.2 Å². The lowest BCUT2D eigenvalue weighted by atomic mass is 9.98. The van der Waals surface area contributed by atoms with Crippen LogP contribution in [0.5, 0.6) is 11.5 Å². The zero-order valence-corrected chi connectivity index (χ0v) is 17.1. The number of amides is 1. The molecule has 1 aliphatic rings. The number of hydrogen-bond acceptors (Lipinski definition) is 3. The third-order valence-electron chi connectivity index (χ3n) is 5.17. The van der Waals surface area contributed by atoms with E-state index in [4.69, 9.17) is 9.47 Å². The van der Waals surface area contributed by atoms with Gasteiger partial charge in [0.15, 0.2) is 18.0 Å². The highest BCUT2D eigenvalue weighted by Crippen LogP contribution is 2.32. The number of ether oxygens (including phenoxy) is 2. The molecule has 4 rings (SSSR count). The second kappa shape index (κ2) is 9.46. The van der Waals surface area contributed by atoms with Gasteiger partial charge in [-0.3, -0.25) is 4.79 Å². The van der Waals surface area contributed by atoms with Crippen LogP contribution in [0.15, 0.2) is 72.8 Å². The number of rotatable bonds is 6. The molecule has 3 aromatic carbocycles. The molecule has 154 valence electrons. The molecule has 5 heteroatoms. The number of nitrogens with one attached hydrogen (secondary N) is 1. The van der Waals surface area contributed by atoms with Gasteiger partial charge >= 0.3 is 0 Å². The van der Waals surface area contributed by atoms with Crippen molar-refractivity contribution >= 4 is 11.6 Å². The fraction of sp³-hybridized carbons (Fsp3) is 0.240. The van der Waals surface area contributed by atoms with Crippen LogP contribution < -0.4 is 20.1 Å². The molecule has 1 heterocycles. The fourth-order valence-electron chi connectivity index (χ4n) is 3.58. The summed E-state index contributed by atoms with van der Waals surface area (Å²) in [7, 11) is 0. The van der Waals surface area contributed by atoms with Gasteiger partial charge in [0.05, 0.1) is 13.2 Å². The second-order valence-electron chi connectivity index (χ2n) is 7.50. The first-order chi connectivity index (χ1) is 14.7.